The monoisotopic (exact) mass is 385 g/mol. The van der Waals surface area contributed by atoms with Crippen LogP contribution in [0.15, 0.2) is 27.1 Å². The van der Waals surface area contributed by atoms with Crippen LogP contribution in [0.4, 0.5) is 0 Å². The minimum Gasteiger partial charge on any atom is -0.387 e. The van der Waals surface area contributed by atoms with E-state index in [0.29, 0.717) is 6.42 Å². The third-order valence-electron chi connectivity index (χ3n) is 4.20. The molecule has 100 valence electrons. The number of aliphatic hydroxyl groups is 1. The van der Waals surface area contributed by atoms with Crippen molar-refractivity contribution in [1.82, 2.24) is 0 Å². The normalized spacial score (nSPS) is 34.2. The summed E-state index contributed by atoms with van der Waals surface area (Å²) in [5.74, 6) is 0. The number of halogens is 2. The Morgan fingerprint density at radius 2 is 2.16 bits per heavy atom. The molecule has 1 aromatic carbocycles. The van der Waals surface area contributed by atoms with Gasteiger partial charge in [0.05, 0.1) is 18.3 Å². The summed E-state index contributed by atoms with van der Waals surface area (Å²) in [6.07, 6.45) is 1.69. The molecule has 0 aliphatic carbocycles. The first-order chi connectivity index (χ1) is 9.06. The Bertz CT molecular complexity index is 557. The molecule has 2 aliphatic rings. The fraction of sp³-hybridized carbons (Fsp3) is 0.500. The number of nitrogens with zero attached hydrogens (tertiary/aromatic N) is 1. The van der Waals surface area contributed by atoms with Gasteiger partial charge in [0.25, 0.3) is 0 Å². The fourth-order valence-electron chi connectivity index (χ4n) is 3.19. The van der Waals surface area contributed by atoms with Gasteiger partial charge in [-0.1, -0.05) is 6.07 Å². The lowest BCUT2D eigenvalue weighted by atomic mass is 9.69. The minimum atomic E-state index is -0.808. The first-order valence-electron chi connectivity index (χ1n) is 6.26. The van der Waals surface area contributed by atoms with Gasteiger partial charge >= 0.3 is 0 Å². The Morgan fingerprint density at radius 3 is 2.68 bits per heavy atom. The molecule has 3 nitrogen and oxygen atoms in total. The number of benzene rings is 1. The Kier molecular flexibility index (Phi) is 3.46. The summed E-state index contributed by atoms with van der Waals surface area (Å²) >= 11 is 6.84. The van der Waals surface area contributed by atoms with Gasteiger partial charge < -0.3 is 9.84 Å². The SMILES string of the molecule is N#CC1(C(O)c2ccc(Br)c(Br)c2)CC2CCC1O2. The van der Waals surface area contributed by atoms with Crippen molar-refractivity contribution in [1.29, 1.82) is 5.26 Å². The zero-order valence-electron chi connectivity index (χ0n) is 10.1. The van der Waals surface area contributed by atoms with Gasteiger partial charge in [-0.2, -0.15) is 5.26 Å². The third-order valence-corrected chi connectivity index (χ3v) is 6.08. The van der Waals surface area contributed by atoms with Gasteiger partial charge in [0.1, 0.15) is 11.5 Å². The number of hydrogen-bond donors (Lipinski definition) is 1. The summed E-state index contributed by atoms with van der Waals surface area (Å²) in [4.78, 5) is 0. The lowest BCUT2D eigenvalue weighted by molar-refractivity contribution is 0.00338. The van der Waals surface area contributed by atoms with Crippen molar-refractivity contribution in [2.75, 3.05) is 0 Å². The lowest BCUT2D eigenvalue weighted by Gasteiger charge is -2.33. The highest BCUT2D eigenvalue weighted by Crippen LogP contribution is 2.54. The molecular weight excluding hydrogens is 374 g/mol. The van der Waals surface area contributed by atoms with Crippen LogP contribution < -0.4 is 0 Å². The van der Waals surface area contributed by atoms with Gasteiger partial charge in [0, 0.05) is 8.95 Å². The van der Waals surface area contributed by atoms with E-state index in [0.717, 1.165) is 27.4 Å². The molecule has 1 N–H and O–H groups in total. The maximum atomic E-state index is 10.7. The standard InChI is InChI=1S/C14H13Br2NO2/c15-10-3-1-8(5-11(10)16)13(18)14(7-17)6-9-2-4-12(14)19-9/h1,3,5,9,12-13,18H,2,4,6H2. The molecule has 0 amide bonds. The molecule has 19 heavy (non-hydrogen) atoms. The molecule has 2 fully saturated rings. The van der Waals surface area contributed by atoms with E-state index in [1.54, 1.807) is 0 Å². The highest BCUT2D eigenvalue weighted by atomic mass is 79.9. The van der Waals surface area contributed by atoms with E-state index in [-0.39, 0.29) is 12.2 Å². The quantitative estimate of drug-likeness (QED) is 0.842. The molecule has 2 bridgehead atoms. The molecular formula is C14H13Br2NO2. The summed E-state index contributed by atoms with van der Waals surface area (Å²) < 4.78 is 7.58. The highest BCUT2D eigenvalue weighted by Gasteiger charge is 2.57. The minimum absolute atomic E-state index is 0.137. The van der Waals surface area contributed by atoms with E-state index >= 15 is 0 Å². The zero-order chi connectivity index (χ0) is 13.6. The molecule has 2 heterocycles. The number of ether oxygens (including phenoxy) is 1. The van der Waals surface area contributed by atoms with Crippen LogP contribution in [0.1, 0.15) is 30.9 Å². The number of hydrogen-bond acceptors (Lipinski definition) is 3. The average Bonchev–Trinajstić information content (AvgIpc) is 3.02. The summed E-state index contributed by atoms with van der Waals surface area (Å²) in [7, 11) is 0. The van der Waals surface area contributed by atoms with Gasteiger partial charge in [-0.3, -0.25) is 0 Å². The molecule has 0 saturated carbocycles. The maximum absolute atomic E-state index is 10.7. The predicted molar refractivity (Wildman–Crippen MR) is 77.4 cm³/mol. The van der Waals surface area contributed by atoms with Crippen LogP contribution in [-0.2, 0) is 4.74 Å². The van der Waals surface area contributed by atoms with E-state index in [4.69, 9.17) is 4.74 Å². The van der Waals surface area contributed by atoms with Crippen molar-refractivity contribution < 1.29 is 9.84 Å². The summed E-state index contributed by atoms with van der Waals surface area (Å²) in [5.41, 5.74) is -0.0383. The van der Waals surface area contributed by atoms with Crippen LogP contribution in [-0.4, -0.2) is 17.3 Å². The number of rotatable bonds is 2. The average molecular weight is 387 g/mol. The van der Waals surface area contributed by atoms with E-state index in [9.17, 15) is 10.4 Å². The van der Waals surface area contributed by atoms with Crippen LogP contribution in [0.2, 0.25) is 0 Å². The first kappa shape index (κ1) is 13.6. The molecule has 0 radical (unpaired) electrons. The van der Waals surface area contributed by atoms with Crippen LogP contribution in [0.5, 0.6) is 0 Å². The van der Waals surface area contributed by atoms with Gasteiger partial charge in [-0.05, 0) is 68.8 Å². The Morgan fingerprint density at radius 1 is 1.37 bits per heavy atom. The topological polar surface area (TPSA) is 53.2 Å². The van der Waals surface area contributed by atoms with Crippen LogP contribution in [0.3, 0.4) is 0 Å². The summed E-state index contributed by atoms with van der Waals surface area (Å²) in [5, 5.41) is 20.3. The number of nitriles is 1. The smallest absolute Gasteiger partial charge is 0.116 e. The Labute approximate surface area is 128 Å². The van der Waals surface area contributed by atoms with Crippen LogP contribution in [0.25, 0.3) is 0 Å². The molecule has 4 atom stereocenters. The molecule has 2 saturated heterocycles. The molecule has 0 spiro atoms. The first-order valence-corrected chi connectivity index (χ1v) is 7.85. The molecule has 1 aromatic rings. The molecule has 2 aliphatic heterocycles. The molecule has 5 heteroatoms. The van der Waals surface area contributed by atoms with Gasteiger partial charge in [0.15, 0.2) is 0 Å². The van der Waals surface area contributed by atoms with Crippen molar-refractivity contribution in [2.24, 2.45) is 5.41 Å². The molecule has 0 aromatic heterocycles. The molecule has 4 unspecified atom stereocenters. The number of aliphatic hydroxyl groups excluding tert-OH is 1. The fourth-order valence-corrected chi connectivity index (χ4v) is 3.83. The van der Waals surface area contributed by atoms with Gasteiger partial charge in [-0.25, -0.2) is 0 Å². The number of fused-ring (bicyclic) bond motifs is 2. The second-order valence-electron chi connectivity index (χ2n) is 5.26. The van der Waals surface area contributed by atoms with Crippen molar-refractivity contribution in [3.05, 3.63) is 32.7 Å². The van der Waals surface area contributed by atoms with Gasteiger partial charge in [-0.15, -0.1) is 0 Å². The zero-order valence-corrected chi connectivity index (χ0v) is 13.3. The highest BCUT2D eigenvalue weighted by molar-refractivity contribution is 9.13. The summed E-state index contributed by atoms with van der Waals surface area (Å²) in [6.45, 7) is 0. The molecule has 3 rings (SSSR count). The van der Waals surface area contributed by atoms with E-state index in [2.05, 4.69) is 37.9 Å². The predicted octanol–water partition coefficient (Wildman–Crippen LogP) is 3.71. The lowest BCUT2D eigenvalue weighted by Crippen LogP contribution is -2.37. The van der Waals surface area contributed by atoms with Gasteiger partial charge in [0.2, 0.25) is 0 Å². The second-order valence-corrected chi connectivity index (χ2v) is 6.97. The maximum Gasteiger partial charge on any atom is 0.116 e. The van der Waals surface area contributed by atoms with Crippen molar-refractivity contribution in [3.63, 3.8) is 0 Å². The van der Waals surface area contributed by atoms with Crippen molar-refractivity contribution >= 4 is 31.9 Å². The largest absolute Gasteiger partial charge is 0.387 e. The van der Waals surface area contributed by atoms with Crippen molar-refractivity contribution in [2.45, 2.75) is 37.6 Å². The Hall–Kier alpha value is -0.410. The van der Waals surface area contributed by atoms with Crippen LogP contribution >= 0.6 is 31.9 Å². The summed E-state index contributed by atoms with van der Waals surface area (Å²) in [6, 6.07) is 7.93. The third kappa shape index (κ3) is 2.06. The van der Waals surface area contributed by atoms with E-state index in [1.165, 1.54) is 0 Å². The van der Waals surface area contributed by atoms with Crippen molar-refractivity contribution in [3.8, 4) is 6.07 Å². The van der Waals surface area contributed by atoms with Crippen LogP contribution in [0, 0.1) is 16.7 Å². The van der Waals surface area contributed by atoms with E-state index < -0.39 is 11.5 Å². The van der Waals surface area contributed by atoms with E-state index in [1.807, 2.05) is 18.2 Å². The second kappa shape index (κ2) is 4.85. The Balaban J connectivity index is 1.96.